The van der Waals surface area contributed by atoms with Crippen LogP contribution in [0.2, 0.25) is 0 Å². The lowest BCUT2D eigenvalue weighted by molar-refractivity contribution is 0.0650. The van der Waals surface area contributed by atoms with E-state index < -0.39 is 0 Å². The third-order valence-corrected chi connectivity index (χ3v) is 5.97. The fourth-order valence-electron chi connectivity index (χ4n) is 2.20. The van der Waals surface area contributed by atoms with Gasteiger partial charge in [0, 0.05) is 40.9 Å². The number of hydrogen-bond donors (Lipinski definition) is 1. The van der Waals surface area contributed by atoms with Crippen LogP contribution in [0.4, 0.5) is 0 Å². The highest BCUT2D eigenvalue weighted by Gasteiger charge is 2.25. The zero-order chi connectivity index (χ0) is 14.1. The van der Waals surface area contributed by atoms with Crippen LogP contribution in [-0.4, -0.2) is 41.5 Å². The van der Waals surface area contributed by atoms with E-state index >= 15 is 0 Å². The summed E-state index contributed by atoms with van der Waals surface area (Å²) < 4.78 is 1.05. The molecule has 2 aromatic heterocycles. The molecule has 20 heavy (non-hydrogen) atoms. The van der Waals surface area contributed by atoms with Gasteiger partial charge in [-0.2, -0.15) is 0 Å². The average molecular weight is 372 g/mol. The van der Waals surface area contributed by atoms with Crippen molar-refractivity contribution in [1.82, 2.24) is 15.2 Å². The second-order valence-corrected chi connectivity index (χ2v) is 7.40. The van der Waals surface area contributed by atoms with Gasteiger partial charge in [-0.1, -0.05) is 0 Å². The van der Waals surface area contributed by atoms with Crippen LogP contribution >= 0.6 is 38.6 Å². The fraction of sp³-hybridized carbons (Fsp3) is 0.385. The Balaban J connectivity index is 1.81. The first kappa shape index (κ1) is 14.2. The second-order valence-electron chi connectivity index (χ2n) is 4.72. The van der Waals surface area contributed by atoms with Crippen molar-refractivity contribution in [2.24, 2.45) is 0 Å². The number of thiophene rings is 1. The number of amides is 1. The molecule has 1 atom stereocenters. The molecule has 1 amide bonds. The number of aromatic nitrogens is 1. The highest BCUT2D eigenvalue weighted by Crippen LogP contribution is 2.32. The number of hydrogen-bond acceptors (Lipinski definition) is 5. The van der Waals surface area contributed by atoms with Gasteiger partial charge in [0.05, 0.1) is 4.88 Å². The van der Waals surface area contributed by atoms with Crippen LogP contribution in [0, 0.1) is 0 Å². The van der Waals surface area contributed by atoms with Crippen LogP contribution < -0.4 is 5.32 Å². The van der Waals surface area contributed by atoms with E-state index in [1.807, 2.05) is 21.7 Å². The number of piperazine rings is 1. The first-order chi connectivity index (χ1) is 9.65. The van der Waals surface area contributed by atoms with E-state index in [2.05, 4.69) is 33.2 Å². The highest BCUT2D eigenvalue weighted by atomic mass is 79.9. The molecule has 3 rings (SSSR count). The summed E-state index contributed by atoms with van der Waals surface area (Å²) >= 11 is 6.60. The van der Waals surface area contributed by atoms with Crippen molar-refractivity contribution in [2.75, 3.05) is 19.6 Å². The van der Waals surface area contributed by atoms with Gasteiger partial charge in [0.2, 0.25) is 0 Å². The maximum Gasteiger partial charge on any atom is 0.273 e. The molecule has 0 aromatic carbocycles. The van der Waals surface area contributed by atoms with Crippen LogP contribution in [0.3, 0.4) is 0 Å². The number of rotatable bonds is 2. The SMILES string of the molecule is C[C@H]1CNCCN1C(=O)c1csc(-c2cc(Br)cs2)n1. The lowest BCUT2D eigenvalue weighted by atomic mass is 10.2. The quantitative estimate of drug-likeness (QED) is 0.881. The number of carbonyl (C=O) groups is 1. The van der Waals surface area contributed by atoms with E-state index in [0.717, 1.165) is 34.0 Å². The molecule has 0 unspecified atom stereocenters. The predicted molar refractivity (Wildman–Crippen MR) is 86.5 cm³/mol. The van der Waals surface area contributed by atoms with Crippen LogP contribution in [0.25, 0.3) is 9.88 Å². The van der Waals surface area contributed by atoms with Gasteiger partial charge < -0.3 is 10.2 Å². The standard InChI is InChI=1S/C13H14BrN3OS2/c1-8-5-15-2-3-17(8)13(18)10-7-20-12(16-10)11-4-9(14)6-19-11/h4,6-8,15H,2-3,5H2,1H3/t8-/m0/s1. The minimum absolute atomic E-state index is 0.0390. The van der Waals surface area contributed by atoms with Crippen molar-refractivity contribution in [2.45, 2.75) is 13.0 Å². The number of thiazole rings is 1. The van der Waals surface area contributed by atoms with E-state index in [4.69, 9.17) is 0 Å². The fourth-order valence-corrected chi connectivity index (χ4v) is 4.50. The third-order valence-electron chi connectivity index (χ3n) is 3.26. The zero-order valence-corrected chi connectivity index (χ0v) is 14.1. The van der Waals surface area contributed by atoms with Crippen LogP contribution in [-0.2, 0) is 0 Å². The molecule has 0 spiro atoms. The molecule has 1 fully saturated rings. The summed E-state index contributed by atoms with van der Waals surface area (Å²) in [6.45, 7) is 4.51. The van der Waals surface area contributed by atoms with Crippen molar-refractivity contribution in [3.8, 4) is 9.88 Å². The molecule has 3 heterocycles. The summed E-state index contributed by atoms with van der Waals surface area (Å²) in [5.41, 5.74) is 0.559. The number of carbonyl (C=O) groups excluding carboxylic acids is 1. The molecule has 0 saturated carbocycles. The predicted octanol–water partition coefficient (Wildman–Crippen LogP) is 3.07. The Kier molecular flexibility index (Phi) is 4.21. The molecule has 1 aliphatic heterocycles. The maximum atomic E-state index is 12.5. The van der Waals surface area contributed by atoms with Crippen LogP contribution in [0.5, 0.6) is 0 Å². The smallest absolute Gasteiger partial charge is 0.273 e. The lowest BCUT2D eigenvalue weighted by Gasteiger charge is -2.33. The van der Waals surface area contributed by atoms with Crippen LogP contribution in [0.15, 0.2) is 21.3 Å². The molecule has 106 valence electrons. The van der Waals surface area contributed by atoms with Gasteiger partial charge in [-0.05, 0) is 28.9 Å². The molecule has 1 N–H and O–H groups in total. The number of nitrogens with zero attached hydrogens (tertiary/aromatic N) is 2. The Morgan fingerprint density at radius 3 is 3.05 bits per heavy atom. The van der Waals surface area contributed by atoms with Crippen molar-refractivity contribution in [3.05, 3.63) is 27.0 Å². The molecule has 0 aliphatic carbocycles. The first-order valence-electron chi connectivity index (χ1n) is 6.37. The first-order valence-corrected chi connectivity index (χ1v) is 8.92. The Bertz CT molecular complexity index is 625. The van der Waals surface area contributed by atoms with Crippen LogP contribution in [0.1, 0.15) is 17.4 Å². The van der Waals surface area contributed by atoms with E-state index in [-0.39, 0.29) is 11.9 Å². The van der Waals surface area contributed by atoms with E-state index in [1.54, 1.807) is 11.3 Å². The third kappa shape index (κ3) is 2.81. The molecule has 1 aliphatic rings. The summed E-state index contributed by atoms with van der Waals surface area (Å²) in [5.74, 6) is 0.0390. The van der Waals surface area contributed by atoms with E-state index in [0.29, 0.717) is 5.69 Å². The van der Waals surface area contributed by atoms with Gasteiger partial charge in [0.1, 0.15) is 10.7 Å². The largest absolute Gasteiger partial charge is 0.332 e. The van der Waals surface area contributed by atoms with Gasteiger partial charge in [0.15, 0.2) is 0 Å². The van der Waals surface area contributed by atoms with E-state index in [9.17, 15) is 4.79 Å². The molecule has 1 saturated heterocycles. The molecule has 0 bridgehead atoms. The molecule has 0 radical (unpaired) electrons. The summed E-state index contributed by atoms with van der Waals surface area (Å²) in [6, 6.07) is 2.25. The van der Waals surface area contributed by atoms with Crippen molar-refractivity contribution in [3.63, 3.8) is 0 Å². The topological polar surface area (TPSA) is 45.2 Å². The Labute approximate surface area is 134 Å². The van der Waals surface area contributed by atoms with Crippen molar-refractivity contribution >= 4 is 44.5 Å². The van der Waals surface area contributed by atoms with Crippen molar-refractivity contribution < 1.29 is 4.79 Å². The second kappa shape index (κ2) is 5.93. The molecule has 7 heteroatoms. The van der Waals surface area contributed by atoms with Gasteiger partial charge in [-0.3, -0.25) is 4.79 Å². The summed E-state index contributed by atoms with van der Waals surface area (Å²) in [5, 5.41) is 8.08. The number of halogens is 1. The van der Waals surface area contributed by atoms with Gasteiger partial charge in [-0.25, -0.2) is 4.98 Å². The Morgan fingerprint density at radius 2 is 2.35 bits per heavy atom. The highest BCUT2D eigenvalue weighted by molar-refractivity contribution is 9.10. The molecule has 4 nitrogen and oxygen atoms in total. The number of nitrogens with one attached hydrogen (secondary N) is 1. The molecular formula is C13H14BrN3OS2. The molecular weight excluding hydrogens is 358 g/mol. The van der Waals surface area contributed by atoms with Gasteiger partial charge >= 0.3 is 0 Å². The monoisotopic (exact) mass is 371 g/mol. The lowest BCUT2D eigenvalue weighted by Crippen LogP contribution is -2.52. The summed E-state index contributed by atoms with van der Waals surface area (Å²) in [4.78, 5) is 20.0. The van der Waals surface area contributed by atoms with E-state index in [1.165, 1.54) is 11.3 Å². The summed E-state index contributed by atoms with van der Waals surface area (Å²) in [7, 11) is 0. The Morgan fingerprint density at radius 1 is 1.50 bits per heavy atom. The summed E-state index contributed by atoms with van der Waals surface area (Å²) in [6.07, 6.45) is 0. The average Bonchev–Trinajstić information content (AvgIpc) is 3.07. The maximum absolute atomic E-state index is 12.5. The minimum Gasteiger partial charge on any atom is -0.332 e. The van der Waals surface area contributed by atoms with Crippen molar-refractivity contribution in [1.29, 1.82) is 0 Å². The normalized spacial score (nSPS) is 19.3. The van der Waals surface area contributed by atoms with Gasteiger partial charge in [0.25, 0.3) is 5.91 Å². The molecule has 2 aromatic rings. The van der Waals surface area contributed by atoms with Gasteiger partial charge in [-0.15, -0.1) is 22.7 Å². The zero-order valence-electron chi connectivity index (χ0n) is 10.9. The Hall–Kier alpha value is -0.760. The minimum atomic E-state index is 0.0390.